The highest BCUT2D eigenvalue weighted by atomic mass is 16.5. The normalized spacial score (nSPS) is 14.5. The molecule has 5 heteroatoms. The van der Waals surface area contributed by atoms with Crippen LogP contribution in [0.15, 0.2) is 48.5 Å². The number of rotatable bonds is 5. The first-order valence-corrected chi connectivity index (χ1v) is 7.35. The fourth-order valence-electron chi connectivity index (χ4n) is 2.93. The molecule has 1 atom stereocenters. The van der Waals surface area contributed by atoms with E-state index in [1.165, 1.54) is 0 Å². The Bertz CT molecular complexity index is 739. The number of methoxy groups -OCH3 is 1. The van der Waals surface area contributed by atoms with Gasteiger partial charge in [0.15, 0.2) is 0 Å². The van der Waals surface area contributed by atoms with E-state index in [9.17, 15) is 14.7 Å². The highest BCUT2D eigenvalue weighted by molar-refractivity contribution is 5.98. The van der Waals surface area contributed by atoms with E-state index >= 15 is 0 Å². The minimum absolute atomic E-state index is 0.123. The van der Waals surface area contributed by atoms with Crippen molar-refractivity contribution in [3.63, 3.8) is 0 Å². The lowest BCUT2D eigenvalue weighted by Gasteiger charge is -2.27. The lowest BCUT2D eigenvalue weighted by atomic mass is 10.0. The summed E-state index contributed by atoms with van der Waals surface area (Å²) in [6, 6.07) is 14.1. The van der Waals surface area contributed by atoms with Crippen LogP contribution in [0, 0.1) is 0 Å². The number of hydrogen-bond acceptors (Lipinski definition) is 3. The third kappa shape index (κ3) is 2.90. The zero-order valence-corrected chi connectivity index (χ0v) is 12.7. The van der Waals surface area contributed by atoms with Gasteiger partial charge < -0.3 is 14.7 Å². The zero-order valence-electron chi connectivity index (χ0n) is 12.7. The molecular weight excluding hydrogens is 294 g/mol. The first-order chi connectivity index (χ1) is 11.1. The summed E-state index contributed by atoms with van der Waals surface area (Å²) < 4.78 is 5.13. The predicted octanol–water partition coefficient (Wildman–Crippen LogP) is 2.87. The number of hydrogen-bond donors (Lipinski definition) is 1. The van der Waals surface area contributed by atoms with Crippen molar-refractivity contribution in [2.45, 2.75) is 19.0 Å². The van der Waals surface area contributed by atoms with Gasteiger partial charge in [0.05, 0.1) is 19.6 Å². The van der Waals surface area contributed by atoms with Crippen molar-refractivity contribution in [2.24, 2.45) is 0 Å². The summed E-state index contributed by atoms with van der Waals surface area (Å²) >= 11 is 0. The van der Waals surface area contributed by atoms with Crippen molar-refractivity contribution in [2.75, 3.05) is 7.11 Å². The summed E-state index contributed by atoms with van der Waals surface area (Å²) in [6.45, 7) is 0.430. The van der Waals surface area contributed by atoms with Crippen molar-refractivity contribution in [1.29, 1.82) is 0 Å². The average molecular weight is 311 g/mol. The van der Waals surface area contributed by atoms with Crippen molar-refractivity contribution < 1.29 is 19.4 Å². The van der Waals surface area contributed by atoms with Crippen LogP contribution < -0.4 is 4.74 Å². The number of ether oxygens (including phenoxy) is 1. The molecule has 0 saturated heterocycles. The largest absolute Gasteiger partial charge is 0.497 e. The molecule has 1 amide bonds. The van der Waals surface area contributed by atoms with E-state index in [2.05, 4.69) is 0 Å². The molecule has 0 bridgehead atoms. The van der Waals surface area contributed by atoms with E-state index in [1.54, 1.807) is 30.2 Å². The fraction of sp³-hybridized carbons (Fsp3) is 0.222. The number of carbonyl (C=O) groups is 2. The van der Waals surface area contributed by atoms with Gasteiger partial charge in [0, 0.05) is 12.1 Å². The minimum Gasteiger partial charge on any atom is -0.497 e. The van der Waals surface area contributed by atoms with Crippen LogP contribution in [-0.2, 0) is 11.3 Å². The lowest BCUT2D eigenvalue weighted by molar-refractivity contribution is -0.138. The zero-order chi connectivity index (χ0) is 16.4. The molecule has 5 nitrogen and oxygen atoms in total. The molecule has 0 fully saturated rings. The van der Waals surface area contributed by atoms with Crippen LogP contribution in [0.1, 0.15) is 33.9 Å². The predicted molar refractivity (Wildman–Crippen MR) is 84.3 cm³/mol. The van der Waals surface area contributed by atoms with Gasteiger partial charge in [0.1, 0.15) is 5.75 Å². The highest BCUT2D eigenvalue weighted by Gasteiger charge is 2.34. The number of amides is 1. The van der Waals surface area contributed by atoms with Crippen LogP contribution in [0.4, 0.5) is 0 Å². The number of carboxylic acids is 1. The Balaban J connectivity index is 1.94. The molecular formula is C18H17NO4. The molecule has 1 heterocycles. The molecule has 23 heavy (non-hydrogen) atoms. The highest BCUT2D eigenvalue weighted by Crippen LogP contribution is 2.34. The third-order valence-corrected chi connectivity index (χ3v) is 4.09. The summed E-state index contributed by atoms with van der Waals surface area (Å²) in [7, 11) is 1.57. The molecule has 0 aliphatic carbocycles. The Hall–Kier alpha value is -2.82. The summed E-state index contributed by atoms with van der Waals surface area (Å²) in [6.07, 6.45) is -0.133. The van der Waals surface area contributed by atoms with E-state index in [4.69, 9.17) is 4.74 Å². The number of aliphatic carboxylic acids is 1. The van der Waals surface area contributed by atoms with Crippen LogP contribution in [-0.4, -0.2) is 29.0 Å². The summed E-state index contributed by atoms with van der Waals surface area (Å²) in [5.74, 6) is -0.365. The Morgan fingerprint density at radius 2 is 1.91 bits per heavy atom. The molecule has 0 aromatic heterocycles. The molecule has 0 saturated carbocycles. The third-order valence-electron chi connectivity index (χ3n) is 4.09. The second kappa shape index (κ2) is 6.12. The quantitative estimate of drug-likeness (QED) is 0.922. The van der Waals surface area contributed by atoms with Gasteiger partial charge in [-0.25, -0.2) is 0 Å². The van der Waals surface area contributed by atoms with Gasteiger partial charge >= 0.3 is 5.97 Å². The molecule has 3 rings (SSSR count). The van der Waals surface area contributed by atoms with E-state index in [-0.39, 0.29) is 12.3 Å². The molecule has 2 aromatic rings. The summed E-state index contributed by atoms with van der Waals surface area (Å²) in [5, 5.41) is 9.25. The van der Waals surface area contributed by atoms with E-state index in [1.807, 2.05) is 30.3 Å². The Kier molecular flexibility index (Phi) is 4.02. The van der Waals surface area contributed by atoms with Gasteiger partial charge in [0.2, 0.25) is 0 Å². The summed E-state index contributed by atoms with van der Waals surface area (Å²) in [4.78, 5) is 25.5. The topological polar surface area (TPSA) is 66.8 Å². The van der Waals surface area contributed by atoms with Crippen LogP contribution in [0.5, 0.6) is 5.75 Å². The maximum Gasteiger partial charge on any atom is 0.305 e. The van der Waals surface area contributed by atoms with Crippen molar-refractivity contribution in [1.82, 2.24) is 4.90 Å². The number of benzene rings is 2. The first-order valence-electron chi connectivity index (χ1n) is 7.35. The smallest absolute Gasteiger partial charge is 0.305 e. The standard InChI is InChI=1S/C18H17NO4/c1-23-14-8-6-12(7-9-14)16(10-17(20)21)19-11-13-4-2-3-5-15(13)18(19)22/h2-9,16H,10-11H2,1H3,(H,20,21)/t16-/m0/s1. The number of carboxylic acid groups (broad SMARTS) is 1. The molecule has 1 aliphatic heterocycles. The Morgan fingerprint density at radius 1 is 1.22 bits per heavy atom. The second-order valence-electron chi connectivity index (χ2n) is 5.48. The van der Waals surface area contributed by atoms with Crippen molar-refractivity contribution in [3.05, 3.63) is 65.2 Å². The first kappa shape index (κ1) is 15.1. The van der Waals surface area contributed by atoms with Gasteiger partial charge in [0.25, 0.3) is 5.91 Å². The maximum absolute atomic E-state index is 12.6. The summed E-state index contributed by atoms with van der Waals surface area (Å²) in [5.41, 5.74) is 2.37. The monoisotopic (exact) mass is 311 g/mol. The van der Waals surface area contributed by atoms with Gasteiger partial charge in [-0.2, -0.15) is 0 Å². The fourth-order valence-corrected chi connectivity index (χ4v) is 2.93. The van der Waals surface area contributed by atoms with Crippen molar-refractivity contribution in [3.8, 4) is 5.75 Å². The van der Waals surface area contributed by atoms with E-state index in [0.717, 1.165) is 11.1 Å². The molecule has 2 aromatic carbocycles. The SMILES string of the molecule is COc1ccc([C@H](CC(=O)O)N2Cc3ccccc3C2=O)cc1. The number of carbonyl (C=O) groups excluding carboxylic acids is 1. The molecule has 0 radical (unpaired) electrons. The Labute approximate surface area is 134 Å². The van der Waals surface area contributed by atoms with Crippen LogP contribution in [0.3, 0.4) is 0 Å². The Morgan fingerprint density at radius 3 is 2.52 bits per heavy atom. The molecule has 0 unspecified atom stereocenters. The lowest BCUT2D eigenvalue weighted by Crippen LogP contribution is -2.30. The van der Waals surface area contributed by atoms with Gasteiger partial charge in [-0.15, -0.1) is 0 Å². The second-order valence-corrected chi connectivity index (χ2v) is 5.48. The maximum atomic E-state index is 12.6. The minimum atomic E-state index is -0.936. The van der Waals surface area contributed by atoms with E-state index < -0.39 is 12.0 Å². The van der Waals surface area contributed by atoms with Gasteiger partial charge in [-0.05, 0) is 29.3 Å². The molecule has 0 spiro atoms. The van der Waals surface area contributed by atoms with Crippen LogP contribution >= 0.6 is 0 Å². The van der Waals surface area contributed by atoms with Crippen LogP contribution in [0.2, 0.25) is 0 Å². The van der Waals surface area contributed by atoms with Gasteiger partial charge in [-0.1, -0.05) is 30.3 Å². The van der Waals surface area contributed by atoms with Crippen molar-refractivity contribution >= 4 is 11.9 Å². The average Bonchev–Trinajstić information content (AvgIpc) is 2.90. The number of fused-ring (bicyclic) bond motifs is 1. The molecule has 1 N–H and O–H groups in total. The van der Waals surface area contributed by atoms with Gasteiger partial charge in [-0.3, -0.25) is 9.59 Å². The molecule has 1 aliphatic rings. The molecule has 118 valence electrons. The number of nitrogens with zero attached hydrogens (tertiary/aromatic N) is 1. The van der Waals surface area contributed by atoms with Crippen LogP contribution in [0.25, 0.3) is 0 Å². The van der Waals surface area contributed by atoms with E-state index in [0.29, 0.717) is 17.9 Å².